The van der Waals surface area contributed by atoms with Crippen LogP contribution in [0.3, 0.4) is 0 Å². The molecule has 0 unspecified atom stereocenters. The summed E-state index contributed by atoms with van der Waals surface area (Å²) in [6, 6.07) is 91.2. The maximum atomic E-state index is 11.9. The van der Waals surface area contributed by atoms with E-state index in [9.17, 15) is 5.26 Å². The lowest BCUT2D eigenvalue weighted by atomic mass is 9.30. The Kier molecular flexibility index (Phi) is 11.7. The van der Waals surface area contributed by atoms with Crippen LogP contribution < -0.4 is 16.4 Å². The number of nitrogens with zero attached hydrogens (tertiary/aromatic N) is 5. The zero-order valence-electron chi connectivity index (χ0n) is 57.3. The van der Waals surface area contributed by atoms with E-state index >= 15 is 0 Å². The highest BCUT2D eigenvalue weighted by atomic mass is 15.0. The Hall–Kier alpha value is -10.9. The van der Waals surface area contributed by atoms with Gasteiger partial charge in [-0.1, -0.05) is 233 Å². The Labute approximate surface area is 566 Å². The minimum absolute atomic E-state index is 0.0215. The largest absolute Gasteiger partial charge is 0.309 e. The van der Waals surface area contributed by atoms with Gasteiger partial charge in [-0.3, -0.25) is 0 Å². The first kappa shape index (κ1) is 57.6. The number of rotatable bonds is 4. The molecule has 0 amide bonds. The monoisotopic (exact) mass is 1250 g/mol. The van der Waals surface area contributed by atoms with E-state index in [-0.39, 0.29) is 28.4 Å². The van der Waals surface area contributed by atoms with Crippen molar-refractivity contribution in [1.82, 2.24) is 18.3 Å². The van der Waals surface area contributed by atoms with Crippen molar-refractivity contribution in [2.24, 2.45) is 0 Å². The summed E-state index contributed by atoms with van der Waals surface area (Å²) in [5.41, 5.74) is 27.8. The number of fused-ring (bicyclic) bond motifs is 20. The summed E-state index contributed by atoms with van der Waals surface area (Å²) in [6.07, 6.45) is 0. The second-order valence-electron chi connectivity index (χ2n) is 32.0. The smallest absolute Gasteiger partial charge is 0.244 e. The molecule has 0 atom stereocenters. The third kappa shape index (κ3) is 8.00. The van der Waals surface area contributed by atoms with Crippen molar-refractivity contribution in [3.05, 3.63) is 258 Å². The van der Waals surface area contributed by atoms with E-state index in [1.807, 2.05) is 0 Å². The number of hydrogen-bond donors (Lipinski definition) is 0. The molecular weight excluding hydrogens is 1170 g/mol. The zero-order valence-corrected chi connectivity index (χ0v) is 57.3. The van der Waals surface area contributed by atoms with E-state index in [1.54, 1.807) is 0 Å². The molecule has 0 aliphatic carbocycles. The molecule has 0 N–H and O–H groups in total. The minimum Gasteiger partial charge on any atom is -0.309 e. The molecule has 0 radical (unpaired) electrons. The van der Waals surface area contributed by atoms with Crippen LogP contribution in [0.1, 0.15) is 111 Å². The van der Waals surface area contributed by atoms with Crippen molar-refractivity contribution in [3.63, 3.8) is 0 Å². The fourth-order valence-electron chi connectivity index (χ4n) is 17.5. The van der Waals surface area contributed by atoms with Crippen LogP contribution in [0.2, 0.25) is 0 Å². The van der Waals surface area contributed by atoms with Gasteiger partial charge in [-0.2, -0.15) is 5.26 Å². The van der Waals surface area contributed by atoms with Crippen LogP contribution in [0.4, 0.5) is 0 Å². The Balaban J connectivity index is 1.04. The van der Waals surface area contributed by atoms with E-state index in [2.05, 4.69) is 338 Å². The van der Waals surface area contributed by atoms with Gasteiger partial charge in [0.2, 0.25) is 6.71 Å². The van der Waals surface area contributed by atoms with Gasteiger partial charge in [0.05, 0.1) is 55.8 Å². The highest BCUT2D eigenvalue weighted by Crippen LogP contribution is 2.53. The summed E-state index contributed by atoms with van der Waals surface area (Å²) in [5, 5.41) is 26.3. The maximum absolute atomic E-state index is 11.9. The average Bonchev–Trinajstić information content (AvgIpc) is 1.64. The lowest BCUT2D eigenvalue weighted by Crippen LogP contribution is -2.57. The van der Waals surface area contributed by atoms with Gasteiger partial charge in [-0.15, -0.1) is 0 Å². The standard InChI is InChI=1S/C91H74BN5/c1-88(2,3)53-29-37-57(38-30-53)94-75-27-19-15-23-63(75)81-77(94)49-69-79-71(47-65-61-21-13-17-25-73(61)96(86(65)69)59-41-33-55(34-42-59)90(7,8)9)92-72-48-66-62-22-14-18-26-74(62)97(60-43-35-56(36-44-60)91(10,11)12)87(66)70-50-78-82(84(80(70)72)68-46-52(51-93)45-67(83(79)81)85(68)92)64-24-16-20-28-76(64)95(78)58-39-31-54(32-40-58)89(4,5)6/h13-50H,1-12H3. The molecule has 0 spiro atoms. The van der Waals surface area contributed by atoms with Crippen LogP contribution in [-0.4, -0.2) is 25.0 Å². The normalized spacial score (nSPS) is 13.3. The Morgan fingerprint density at radius 2 is 0.588 bits per heavy atom. The van der Waals surface area contributed by atoms with Crippen LogP contribution in [0.5, 0.6) is 0 Å². The molecule has 6 heterocycles. The summed E-state index contributed by atoms with van der Waals surface area (Å²) in [4.78, 5) is 0. The Morgan fingerprint density at radius 1 is 0.289 bits per heavy atom. The van der Waals surface area contributed by atoms with Gasteiger partial charge >= 0.3 is 0 Å². The van der Waals surface area contributed by atoms with Crippen LogP contribution in [0.25, 0.3) is 154 Å². The average molecular weight is 1250 g/mol. The van der Waals surface area contributed by atoms with Gasteiger partial charge < -0.3 is 18.3 Å². The molecule has 4 aromatic heterocycles. The van der Waals surface area contributed by atoms with E-state index < -0.39 is 0 Å². The molecule has 13 aromatic carbocycles. The van der Waals surface area contributed by atoms with Crippen LogP contribution in [0, 0.1) is 11.3 Å². The predicted octanol–water partition coefficient (Wildman–Crippen LogP) is 21.9. The number of benzene rings is 13. The van der Waals surface area contributed by atoms with E-state index in [4.69, 9.17) is 0 Å². The Bertz CT molecular complexity index is 5980. The summed E-state index contributed by atoms with van der Waals surface area (Å²) in [5.74, 6) is 0. The zero-order chi connectivity index (χ0) is 66.2. The summed E-state index contributed by atoms with van der Waals surface area (Å²) < 4.78 is 10.1. The molecule has 6 heteroatoms. The van der Waals surface area contributed by atoms with Crippen LogP contribution >= 0.6 is 0 Å². The van der Waals surface area contributed by atoms with Crippen molar-refractivity contribution >= 4 is 132 Å². The molecule has 466 valence electrons. The van der Waals surface area contributed by atoms with E-state index in [0.717, 1.165) is 67.0 Å². The van der Waals surface area contributed by atoms with Gasteiger partial charge in [0.25, 0.3) is 0 Å². The number of aromatic nitrogens is 4. The molecule has 0 saturated heterocycles. The van der Waals surface area contributed by atoms with Crippen molar-refractivity contribution in [2.75, 3.05) is 0 Å². The molecule has 2 aliphatic rings. The second kappa shape index (κ2) is 19.6. The van der Waals surface area contributed by atoms with Crippen LogP contribution in [0.15, 0.2) is 231 Å². The fraction of sp³-hybridized carbons (Fsp3) is 0.176. The number of para-hydroxylation sites is 4. The molecule has 17 aromatic rings. The van der Waals surface area contributed by atoms with Crippen molar-refractivity contribution < 1.29 is 0 Å². The first-order valence-corrected chi connectivity index (χ1v) is 34.6. The fourth-order valence-corrected chi connectivity index (χ4v) is 17.5. The topological polar surface area (TPSA) is 43.5 Å². The van der Waals surface area contributed by atoms with Crippen molar-refractivity contribution in [2.45, 2.75) is 105 Å². The lowest BCUT2D eigenvalue weighted by molar-refractivity contribution is 0.590. The van der Waals surface area contributed by atoms with Gasteiger partial charge in [0, 0.05) is 76.6 Å². The molecule has 5 nitrogen and oxygen atoms in total. The third-order valence-electron chi connectivity index (χ3n) is 22.2. The first-order chi connectivity index (χ1) is 46.6. The molecule has 0 saturated carbocycles. The summed E-state index contributed by atoms with van der Waals surface area (Å²) in [7, 11) is 0. The second-order valence-corrected chi connectivity index (χ2v) is 32.0. The maximum Gasteiger partial charge on any atom is 0.244 e. The molecular formula is C91H74BN5. The van der Waals surface area contributed by atoms with Crippen LogP contribution in [-0.2, 0) is 21.7 Å². The Morgan fingerprint density at radius 3 is 0.907 bits per heavy atom. The number of nitriles is 1. The van der Waals surface area contributed by atoms with E-state index in [1.165, 1.54) is 125 Å². The van der Waals surface area contributed by atoms with Gasteiger partial charge in [0.1, 0.15) is 0 Å². The highest BCUT2D eigenvalue weighted by Gasteiger charge is 2.43. The molecule has 97 heavy (non-hydrogen) atoms. The third-order valence-corrected chi connectivity index (χ3v) is 22.2. The van der Waals surface area contributed by atoms with Gasteiger partial charge in [-0.25, -0.2) is 0 Å². The minimum atomic E-state index is -0.246. The predicted molar refractivity (Wildman–Crippen MR) is 414 cm³/mol. The van der Waals surface area contributed by atoms with Gasteiger partial charge in [-0.05, 0) is 174 Å². The van der Waals surface area contributed by atoms with E-state index in [0.29, 0.717) is 5.56 Å². The van der Waals surface area contributed by atoms with Crippen molar-refractivity contribution in [1.29, 1.82) is 5.26 Å². The summed E-state index contributed by atoms with van der Waals surface area (Å²) >= 11 is 0. The molecule has 19 rings (SSSR count). The highest BCUT2D eigenvalue weighted by molar-refractivity contribution is 7.02. The SMILES string of the molecule is CC(C)(C)c1ccc(-n2c3ccccc3c3c4c5c(cc6c7ccccc7n(-c7ccc(C(C)(C)C)cc7)c6c5cc32)B2c3c-4cc(C#N)cc3-c3c4c2cc2c5ccccc5n(-c5ccc(C(C)(C)C)cc5)c2c4cc2c3c3ccccc3n2-c2ccc(C(C)(C)C)cc2)cc1. The van der Waals surface area contributed by atoms with Gasteiger partial charge in [0.15, 0.2) is 0 Å². The summed E-state index contributed by atoms with van der Waals surface area (Å²) in [6.45, 7) is 27.3. The quantitative estimate of drug-likeness (QED) is 0.162. The molecule has 0 fully saturated rings. The first-order valence-electron chi connectivity index (χ1n) is 34.6. The molecule has 0 bridgehead atoms. The number of hydrogen-bond acceptors (Lipinski definition) is 1. The lowest BCUT2D eigenvalue weighted by Gasteiger charge is -2.35. The molecule has 2 aliphatic heterocycles. The van der Waals surface area contributed by atoms with Crippen molar-refractivity contribution in [3.8, 4) is 51.1 Å².